The minimum atomic E-state index is 0.144. The molecular formula is C12H16N4O. The van der Waals surface area contributed by atoms with Crippen LogP contribution in [0.5, 0.6) is 5.75 Å². The Morgan fingerprint density at radius 3 is 2.94 bits per heavy atom. The van der Waals surface area contributed by atoms with Gasteiger partial charge in [-0.2, -0.15) is 5.10 Å². The van der Waals surface area contributed by atoms with Crippen LogP contribution in [0.2, 0.25) is 0 Å². The molecule has 0 saturated heterocycles. The highest BCUT2D eigenvalue weighted by Gasteiger charge is 2.06. The van der Waals surface area contributed by atoms with E-state index in [1.54, 1.807) is 23.1 Å². The molecule has 90 valence electrons. The monoisotopic (exact) mass is 232 g/mol. The molecule has 1 heterocycles. The number of rotatable bonds is 4. The van der Waals surface area contributed by atoms with Crippen LogP contribution in [0.1, 0.15) is 24.4 Å². The van der Waals surface area contributed by atoms with Gasteiger partial charge < -0.3 is 10.4 Å². The van der Waals surface area contributed by atoms with Crippen molar-refractivity contribution in [3.8, 4) is 5.75 Å². The predicted octanol–water partition coefficient (Wildman–Crippen LogP) is 1.37. The van der Waals surface area contributed by atoms with E-state index in [1.807, 2.05) is 26.1 Å². The Labute approximate surface area is 100 Å². The first-order valence-electron chi connectivity index (χ1n) is 5.52. The van der Waals surface area contributed by atoms with Crippen molar-refractivity contribution in [1.29, 1.82) is 0 Å². The fraction of sp³-hybridized carbons (Fsp3) is 0.333. The zero-order chi connectivity index (χ0) is 12.3. The second-order valence-corrected chi connectivity index (χ2v) is 4.03. The largest absolute Gasteiger partial charge is 0.508 e. The molecule has 0 saturated carbocycles. The van der Waals surface area contributed by atoms with Crippen LogP contribution >= 0.6 is 0 Å². The van der Waals surface area contributed by atoms with E-state index in [-0.39, 0.29) is 11.8 Å². The SMILES string of the molecule is CC(NCc1ncn(C)n1)c1cccc(O)c1. The third-order valence-electron chi connectivity index (χ3n) is 2.58. The molecule has 1 atom stereocenters. The Morgan fingerprint density at radius 1 is 1.47 bits per heavy atom. The number of aromatic nitrogens is 3. The molecule has 5 nitrogen and oxygen atoms in total. The highest BCUT2D eigenvalue weighted by atomic mass is 16.3. The van der Waals surface area contributed by atoms with Gasteiger partial charge >= 0.3 is 0 Å². The van der Waals surface area contributed by atoms with Gasteiger partial charge in [0.25, 0.3) is 0 Å². The van der Waals surface area contributed by atoms with E-state index >= 15 is 0 Å². The van der Waals surface area contributed by atoms with Crippen LogP contribution in [0.15, 0.2) is 30.6 Å². The zero-order valence-corrected chi connectivity index (χ0v) is 9.96. The topological polar surface area (TPSA) is 63.0 Å². The van der Waals surface area contributed by atoms with E-state index in [9.17, 15) is 5.11 Å². The maximum absolute atomic E-state index is 9.39. The summed E-state index contributed by atoms with van der Waals surface area (Å²) in [5.74, 6) is 1.05. The van der Waals surface area contributed by atoms with Gasteiger partial charge in [0.2, 0.25) is 0 Å². The van der Waals surface area contributed by atoms with Crippen molar-refractivity contribution in [1.82, 2.24) is 20.1 Å². The van der Waals surface area contributed by atoms with Crippen molar-refractivity contribution in [3.63, 3.8) is 0 Å². The molecule has 2 rings (SSSR count). The minimum absolute atomic E-state index is 0.144. The molecule has 1 aromatic heterocycles. The molecule has 5 heteroatoms. The van der Waals surface area contributed by atoms with Gasteiger partial charge in [0.15, 0.2) is 5.82 Å². The fourth-order valence-corrected chi connectivity index (χ4v) is 1.62. The molecule has 2 N–H and O–H groups in total. The van der Waals surface area contributed by atoms with Crippen molar-refractivity contribution >= 4 is 0 Å². The van der Waals surface area contributed by atoms with E-state index in [0.29, 0.717) is 6.54 Å². The average molecular weight is 232 g/mol. The second kappa shape index (κ2) is 4.97. The highest BCUT2D eigenvalue weighted by molar-refractivity contribution is 5.28. The molecule has 0 fully saturated rings. The molecule has 0 bridgehead atoms. The third-order valence-corrected chi connectivity index (χ3v) is 2.58. The Bertz CT molecular complexity index is 495. The molecule has 0 radical (unpaired) electrons. The van der Waals surface area contributed by atoms with Crippen LogP contribution in [0.4, 0.5) is 0 Å². The first kappa shape index (κ1) is 11.6. The lowest BCUT2D eigenvalue weighted by molar-refractivity contribution is 0.472. The van der Waals surface area contributed by atoms with E-state index in [0.717, 1.165) is 11.4 Å². The van der Waals surface area contributed by atoms with E-state index in [4.69, 9.17) is 0 Å². The number of aromatic hydroxyl groups is 1. The van der Waals surface area contributed by atoms with Crippen LogP contribution in [0.25, 0.3) is 0 Å². The van der Waals surface area contributed by atoms with Crippen molar-refractivity contribution in [3.05, 3.63) is 42.0 Å². The summed E-state index contributed by atoms with van der Waals surface area (Å²) in [6.45, 7) is 2.65. The number of phenolic OH excluding ortho intramolecular Hbond substituents is 1. The summed E-state index contributed by atoms with van der Waals surface area (Å²) in [5, 5.41) is 16.9. The normalized spacial score (nSPS) is 12.6. The van der Waals surface area contributed by atoms with Gasteiger partial charge in [-0.05, 0) is 24.6 Å². The molecular weight excluding hydrogens is 216 g/mol. The minimum Gasteiger partial charge on any atom is -0.508 e. The van der Waals surface area contributed by atoms with Crippen LogP contribution in [-0.2, 0) is 13.6 Å². The number of benzene rings is 1. The predicted molar refractivity (Wildman–Crippen MR) is 64.4 cm³/mol. The summed E-state index contributed by atoms with van der Waals surface area (Å²) in [4.78, 5) is 4.14. The Hall–Kier alpha value is -1.88. The number of nitrogens with one attached hydrogen (secondary N) is 1. The lowest BCUT2D eigenvalue weighted by Crippen LogP contribution is -2.18. The average Bonchev–Trinajstić information content (AvgIpc) is 2.72. The van der Waals surface area contributed by atoms with Crippen LogP contribution in [-0.4, -0.2) is 19.9 Å². The molecule has 0 aliphatic rings. The standard InChI is InChI=1S/C12H16N4O/c1-9(10-4-3-5-11(17)6-10)13-7-12-14-8-16(2)15-12/h3-6,8-9,13,17H,7H2,1-2H3. The summed E-state index contributed by atoms with van der Waals surface area (Å²) in [6.07, 6.45) is 1.68. The van der Waals surface area contributed by atoms with Gasteiger partial charge in [-0.15, -0.1) is 0 Å². The van der Waals surface area contributed by atoms with E-state index in [1.165, 1.54) is 0 Å². The summed E-state index contributed by atoms with van der Waals surface area (Å²) >= 11 is 0. The van der Waals surface area contributed by atoms with Crippen molar-refractivity contribution in [2.45, 2.75) is 19.5 Å². The smallest absolute Gasteiger partial charge is 0.164 e. The molecule has 0 aliphatic heterocycles. The Morgan fingerprint density at radius 2 is 2.29 bits per heavy atom. The number of hydrogen-bond donors (Lipinski definition) is 2. The molecule has 1 unspecified atom stereocenters. The number of phenols is 1. The first-order chi connectivity index (χ1) is 8.15. The van der Waals surface area contributed by atoms with Gasteiger partial charge in [0.1, 0.15) is 12.1 Å². The molecule has 0 spiro atoms. The Kier molecular flexibility index (Phi) is 3.39. The van der Waals surface area contributed by atoms with Crippen LogP contribution in [0.3, 0.4) is 0 Å². The van der Waals surface area contributed by atoms with Crippen molar-refractivity contribution in [2.24, 2.45) is 7.05 Å². The van der Waals surface area contributed by atoms with Crippen LogP contribution in [0, 0.1) is 0 Å². The van der Waals surface area contributed by atoms with Gasteiger partial charge in [-0.25, -0.2) is 4.98 Å². The van der Waals surface area contributed by atoms with E-state index < -0.39 is 0 Å². The maximum atomic E-state index is 9.39. The third kappa shape index (κ3) is 3.04. The number of hydrogen-bond acceptors (Lipinski definition) is 4. The number of aryl methyl sites for hydroxylation is 1. The van der Waals surface area contributed by atoms with Gasteiger partial charge in [0.05, 0.1) is 6.54 Å². The summed E-state index contributed by atoms with van der Waals surface area (Å²) < 4.78 is 1.68. The van der Waals surface area contributed by atoms with Gasteiger partial charge in [-0.1, -0.05) is 12.1 Å². The highest BCUT2D eigenvalue weighted by Crippen LogP contribution is 2.17. The summed E-state index contributed by atoms with van der Waals surface area (Å²) in [5.41, 5.74) is 1.04. The van der Waals surface area contributed by atoms with Crippen molar-refractivity contribution < 1.29 is 5.11 Å². The first-order valence-corrected chi connectivity index (χ1v) is 5.52. The lowest BCUT2D eigenvalue weighted by Gasteiger charge is -2.13. The summed E-state index contributed by atoms with van der Waals surface area (Å²) in [6, 6.07) is 7.37. The molecule has 0 aliphatic carbocycles. The number of nitrogens with zero attached hydrogens (tertiary/aromatic N) is 3. The fourth-order valence-electron chi connectivity index (χ4n) is 1.62. The zero-order valence-electron chi connectivity index (χ0n) is 9.96. The molecule has 1 aromatic carbocycles. The quantitative estimate of drug-likeness (QED) is 0.835. The second-order valence-electron chi connectivity index (χ2n) is 4.03. The van der Waals surface area contributed by atoms with Crippen molar-refractivity contribution in [2.75, 3.05) is 0 Å². The summed E-state index contributed by atoms with van der Waals surface area (Å²) in [7, 11) is 1.84. The molecule has 17 heavy (non-hydrogen) atoms. The molecule has 2 aromatic rings. The lowest BCUT2D eigenvalue weighted by atomic mass is 10.1. The van der Waals surface area contributed by atoms with Gasteiger partial charge in [0, 0.05) is 13.1 Å². The van der Waals surface area contributed by atoms with E-state index in [2.05, 4.69) is 15.4 Å². The Balaban J connectivity index is 1.95. The van der Waals surface area contributed by atoms with Crippen LogP contribution < -0.4 is 5.32 Å². The molecule has 0 amide bonds. The maximum Gasteiger partial charge on any atom is 0.164 e. The van der Waals surface area contributed by atoms with Gasteiger partial charge in [-0.3, -0.25) is 4.68 Å².